The summed E-state index contributed by atoms with van der Waals surface area (Å²) in [5.41, 5.74) is 2.01. The van der Waals surface area contributed by atoms with Crippen LogP contribution in [-0.4, -0.2) is 16.6 Å². The molecule has 2 heterocycles. The molecule has 0 saturated carbocycles. The van der Waals surface area contributed by atoms with Crippen molar-refractivity contribution in [3.63, 3.8) is 0 Å². The number of rotatable bonds is 1. The van der Waals surface area contributed by atoms with Crippen molar-refractivity contribution < 1.29 is 4.74 Å². The van der Waals surface area contributed by atoms with Crippen LogP contribution < -0.4 is 0 Å². The maximum absolute atomic E-state index is 5.74. The summed E-state index contributed by atoms with van der Waals surface area (Å²) in [5, 5.41) is 1.09. The summed E-state index contributed by atoms with van der Waals surface area (Å²) in [5.74, 6) is 0.801. The lowest BCUT2D eigenvalue weighted by Gasteiger charge is -2.13. The first kappa shape index (κ1) is 11.1. The van der Waals surface area contributed by atoms with Crippen LogP contribution in [0.4, 0.5) is 0 Å². The van der Waals surface area contributed by atoms with Crippen LogP contribution in [0, 0.1) is 6.92 Å². The lowest BCUT2D eigenvalue weighted by molar-refractivity contribution is 0.109. The van der Waals surface area contributed by atoms with E-state index in [1.165, 1.54) is 0 Å². The molecule has 17 heavy (non-hydrogen) atoms. The Balaban J connectivity index is 2.25. The Morgan fingerprint density at radius 1 is 1.35 bits per heavy atom. The molecular formula is C13H13BrN2O. The molecule has 0 amide bonds. The Hall–Kier alpha value is -1.00. The fourth-order valence-corrected chi connectivity index (χ4v) is 2.75. The Morgan fingerprint density at radius 2 is 2.24 bits per heavy atom. The average Bonchev–Trinajstić information content (AvgIpc) is 2.83. The Labute approximate surface area is 108 Å². The molecule has 1 unspecified atom stereocenters. The highest BCUT2D eigenvalue weighted by molar-refractivity contribution is 9.10. The second-order valence-electron chi connectivity index (χ2n) is 4.29. The molecule has 1 aliphatic heterocycles. The average molecular weight is 293 g/mol. The number of halogens is 1. The Kier molecular flexibility index (Phi) is 2.84. The van der Waals surface area contributed by atoms with E-state index in [9.17, 15) is 0 Å². The van der Waals surface area contributed by atoms with Gasteiger partial charge < -0.3 is 4.74 Å². The van der Waals surface area contributed by atoms with Crippen molar-refractivity contribution in [1.82, 2.24) is 9.97 Å². The van der Waals surface area contributed by atoms with Gasteiger partial charge in [0.05, 0.1) is 11.2 Å². The van der Waals surface area contributed by atoms with Crippen LogP contribution in [0.15, 0.2) is 22.7 Å². The molecule has 88 valence electrons. The predicted octanol–water partition coefficient (Wildman–Crippen LogP) is 3.55. The van der Waals surface area contributed by atoms with Crippen molar-refractivity contribution in [3.05, 3.63) is 34.2 Å². The molecule has 1 fully saturated rings. The van der Waals surface area contributed by atoms with Crippen LogP contribution in [0.3, 0.4) is 0 Å². The van der Waals surface area contributed by atoms with Gasteiger partial charge in [-0.2, -0.15) is 0 Å². The number of ether oxygens (including phenoxy) is 1. The van der Waals surface area contributed by atoms with Crippen LogP contribution in [0.25, 0.3) is 10.9 Å². The van der Waals surface area contributed by atoms with Crippen LogP contribution in [0.2, 0.25) is 0 Å². The first-order valence-electron chi connectivity index (χ1n) is 5.80. The van der Waals surface area contributed by atoms with Gasteiger partial charge in [0.2, 0.25) is 0 Å². The molecule has 2 aromatic rings. The molecular weight excluding hydrogens is 280 g/mol. The summed E-state index contributed by atoms with van der Waals surface area (Å²) in [4.78, 5) is 9.06. The molecule has 4 heteroatoms. The molecule has 3 rings (SSSR count). The summed E-state index contributed by atoms with van der Waals surface area (Å²) >= 11 is 3.54. The fraction of sp³-hybridized carbons (Fsp3) is 0.385. The highest BCUT2D eigenvalue weighted by atomic mass is 79.9. The van der Waals surface area contributed by atoms with Gasteiger partial charge in [-0.15, -0.1) is 0 Å². The Morgan fingerprint density at radius 3 is 3.00 bits per heavy atom. The molecule has 1 aromatic carbocycles. The van der Waals surface area contributed by atoms with Crippen LogP contribution in [-0.2, 0) is 4.74 Å². The van der Waals surface area contributed by atoms with Gasteiger partial charge in [0.1, 0.15) is 11.9 Å². The third kappa shape index (κ3) is 1.96. The zero-order chi connectivity index (χ0) is 11.8. The van der Waals surface area contributed by atoms with Gasteiger partial charge in [-0.05, 0) is 41.8 Å². The number of nitrogens with zero attached hydrogens (tertiary/aromatic N) is 2. The topological polar surface area (TPSA) is 35.0 Å². The smallest absolute Gasteiger partial charge is 0.126 e. The normalized spacial score (nSPS) is 20.0. The molecule has 1 aliphatic rings. The summed E-state index contributed by atoms with van der Waals surface area (Å²) in [7, 11) is 0. The van der Waals surface area contributed by atoms with Crippen LogP contribution in [0.1, 0.15) is 30.5 Å². The third-order valence-electron chi connectivity index (χ3n) is 3.05. The number of aryl methyl sites for hydroxylation is 1. The number of aromatic nitrogens is 2. The highest BCUT2D eigenvalue weighted by Gasteiger charge is 2.22. The summed E-state index contributed by atoms with van der Waals surface area (Å²) < 4.78 is 6.75. The van der Waals surface area contributed by atoms with Gasteiger partial charge in [-0.1, -0.05) is 12.1 Å². The van der Waals surface area contributed by atoms with Gasteiger partial charge in [0.25, 0.3) is 0 Å². The van der Waals surface area contributed by atoms with Crippen molar-refractivity contribution in [2.24, 2.45) is 0 Å². The molecule has 0 N–H and O–H groups in total. The van der Waals surface area contributed by atoms with Crippen molar-refractivity contribution in [2.45, 2.75) is 25.9 Å². The van der Waals surface area contributed by atoms with Gasteiger partial charge in [0.15, 0.2) is 0 Å². The van der Waals surface area contributed by atoms with E-state index in [2.05, 4.69) is 32.0 Å². The number of benzene rings is 1. The second-order valence-corrected chi connectivity index (χ2v) is 5.15. The lowest BCUT2D eigenvalue weighted by Crippen LogP contribution is -2.04. The van der Waals surface area contributed by atoms with E-state index >= 15 is 0 Å². The minimum absolute atomic E-state index is 0.133. The van der Waals surface area contributed by atoms with Crippen LogP contribution in [0.5, 0.6) is 0 Å². The summed E-state index contributed by atoms with van der Waals surface area (Å²) in [6, 6.07) is 6.09. The molecule has 0 bridgehead atoms. The van der Waals surface area contributed by atoms with Gasteiger partial charge in [-0.3, -0.25) is 0 Å². The largest absolute Gasteiger partial charge is 0.372 e. The quantitative estimate of drug-likeness (QED) is 0.806. The standard InChI is InChI=1S/C13H13BrN2O/c1-8-15-12-9(4-2-5-10(12)14)13(16-8)11-6-3-7-17-11/h2,4-5,11H,3,6-7H2,1H3. The SMILES string of the molecule is Cc1nc(C2CCCO2)c2cccc(Br)c2n1. The van der Waals surface area contributed by atoms with E-state index in [0.717, 1.165) is 46.3 Å². The molecule has 1 aromatic heterocycles. The monoisotopic (exact) mass is 292 g/mol. The van der Waals surface area contributed by atoms with E-state index in [1.807, 2.05) is 19.1 Å². The molecule has 1 saturated heterocycles. The maximum Gasteiger partial charge on any atom is 0.126 e. The highest BCUT2D eigenvalue weighted by Crippen LogP contribution is 2.33. The summed E-state index contributed by atoms with van der Waals surface area (Å²) in [6.45, 7) is 2.76. The molecule has 1 atom stereocenters. The zero-order valence-electron chi connectivity index (χ0n) is 9.61. The van der Waals surface area contributed by atoms with Crippen molar-refractivity contribution in [3.8, 4) is 0 Å². The molecule has 0 spiro atoms. The van der Waals surface area contributed by atoms with E-state index in [1.54, 1.807) is 0 Å². The number of hydrogen-bond acceptors (Lipinski definition) is 3. The first-order valence-corrected chi connectivity index (χ1v) is 6.59. The van der Waals surface area contributed by atoms with E-state index in [-0.39, 0.29) is 6.10 Å². The molecule has 0 aliphatic carbocycles. The minimum atomic E-state index is 0.133. The Bertz CT molecular complexity index is 565. The third-order valence-corrected chi connectivity index (χ3v) is 3.69. The number of fused-ring (bicyclic) bond motifs is 1. The van der Waals surface area contributed by atoms with E-state index < -0.39 is 0 Å². The lowest BCUT2D eigenvalue weighted by atomic mass is 10.1. The van der Waals surface area contributed by atoms with Crippen molar-refractivity contribution in [2.75, 3.05) is 6.61 Å². The molecule has 0 radical (unpaired) electrons. The maximum atomic E-state index is 5.74. The van der Waals surface area contributed by atoms with Gasteiger partial charge in [0, 0.05) is 16.5 Å². The second kappa shape index (κ2) is 4.35. The fourth-order valence-electron chi connectivity index (χ4n) is 2.30. The van der Waals surface area contributed by atoms with Crippen molar-refractivity contribution in [1.29, 1.82) is 0 Å². The first-order chi connectivity index (χ1) is 8.25. The summed E-state index contributed by atoms with van der Waals surface area (Å²) in [6.07, 6.45) is 2.30. The van der Waals surface area contributed by atoms with E-state index in [0.29, 0.717) is 0 Å². The zero-order valence-corrected chi connectivity index (χ0v) is 11.2. The van der Waals surface area contributed by atoms with Crippen molar-refractivity contribution >= 4 is 26.8 Å². The van der Waals surface area contributed by atoms with Gasteiger partial charge in [-0.25, -0.2) is 9.97 Å². The molecule has 3 nitrogen and oxygen atoms in total. The number of para-hydroxylation sites is 1. The van der Waals surface area contributed by atoms with Crippen LogP contribution >= 0.6 is 15.9 Å². The predicted molar refractivity (Wildman–Crippen MR) is 69.9 cm³/mol. The minimum Gasteiger partial charge on any atom is -0.372 e. The van der Waals surface area contributed by atoms with Gasteiger partial charge >= 0.3 is 0 Å². The van der Waals surface area contributed by atoms with E-state index in [4.69, 9.17) is 4.74 Å². The number of hydrogen-bond donors (Lipinski definition) is 0.